The first-order valence-corrected chi connectivity index (χ1v) is 6.43. The van der Waals surface area contributed by atoms with E-state index in [1.54, 1.807) is 18.2 Å². The molecule has 0 unspecified atom stereocenters. The van der Waals surface area contributed by atoms with Gasteiger partial charge in [0, 0.05) is 0 Å². The van der Waals surface area contributed by atoms with Crippen LogP contribution in [0.15, 0.2) is 18.2 Å². The number of carbonyl (C=O) groups excluding carboxylic acids is 1. The number of ether oxygens (including phenoxy) is 1. The Morgan fingerprint density at radius 2 is 2.12 bits per heavy atom. The van der Waals surface area contributed by atoms with E-state index in [0.717, 1.165) is 12.8 Å². The van der Waals surface area contributed by atoms with Crippen molar-refractivity contribution in [2.45, 2.75) is 32.1 Å². The van der Waals surface area contributed by atoms with Crippen LogP contribution in [0.1, 0.15) is 42.6 Å². The third kappa shape index (κ3) is 3.70. The number of aromatic nitrogens is 1. The largest absolute Gasteiger partial charge is 0.461 e. The van der Waals surface area contributed by atoms with E-state index in [9.17, 15) is 4.79 Å². The maximum absolute atomic E-state index is 11.7. The second kappa shape index (κ2) is 6.01. The van der Waals surface area contributed by atoms with Gasteiger partial charge in [-0.05, 0) is 30.9 Å². The molecular weight excluding hydrogens is 238 g/mol. The molecule has 0 amide bonds. The van der Waals surface area contributed by atoms with Crippen molar-refractivity contribution in [2.75, 3.05) is 6.61 Å². The van der Waals surface area contributed by atoms with E-state index in [1.165, 1.54) is 19.3 Å². The van der Waals surface area contributed by atoms with Crippen LogP contribution in [0.5, 0.6) is 0 Å². The lowest BCUT2D eigenvalue weighted by molar-refractivity contribution is 0.0403. The van der Waals surface area contributed by atoms with Crippen molar-refractivity contribution in [3.63, 3.8) is 0 Å². The van der Waals surface area contributed by atoms with Gasteiger partial charge in [0.25, 0.3) is 0 Å². The summed E-state index contributed by atoms with van der Waals surface area (Å²) >= 11 is 5.72. The Labute approximate surface area is 106 Å². The molecule has 0 spiro atoms. The molecule has 1 heterocycles. The molecule has 1 aromatic heterocycles. The molecule has 0 radical (unpaired) electrons. The van der Waals surface area contributed by atoms with Crippen LogP contribution in [0.25, 0.3) is 0 Å². The minimum atomic E-state index is -0.377. The highest BCUT2D eigenvalue weighted by Crippen LogP contribution is 2.23. The van der Waals surface area contributed by atoms with E-state index in [1.807, 2.05) is 0 Å². The highest BCUT2D eigenvalue weighted by molar-refractivity contribution is 6.29. The molecule has 0 aromatic carbocycles. The molecule has 0 bridgehead atoms. The fourth-order valence-corrected chi connectivity index (χ4v) is 2.31. The zero-order chi connectivity index (χ0) is 12.1. The van der Waals surface area contributed by atoms with Gasteiger partial charge in [-0.3, -0.25) is 0 Å². The normalized spacial score (nSPS) is 16.8. The fraction of sp³-hybridized carbons (Fsp3) is 0.538. The summed E-state index contributed by atoms with van der Waals surface area (Å²) in [7, 11) is 0. The van der Waals surface area contributed by atoms with Crippen molar-refractivity contribution in [3.8, 4) is 0 Å². The first-order chi connectivity index (χ1) is 8.25. The van der Waals surface area contributed by atoms with Crippen molar-refractivity contribution >= 4 is 17.6 Å². The van der Waals surface area contributed by atoms with Crippen LogP contribution >= 0.6 is 11.6 Å². The summed E-state index contributed by atoms with van der Waals surface area (Å²) in [5.74, 6) is 0.143. The molecule has 1 aromatic rings. The van der Waals surface area contributed by atoms with E-state index in [-0.39, 0.29) is 11.7 Å². The van der Waals surface area contributed by atoms with Crippen LogP contribution in [-0.4, -0.2) is 17.6 Å². The quantitative estimate of drug-likeness (QED) is 0.612. The molecule has 0 N–H and O–H groups in total. The van der Waals surface area contributed by atoms with E-state index >= 15 is 0 Å². The Kier molecular flexibility index (Phi) is 4.37. The molecule has 4 heteroatoms. The van der Waals surface area contributed by atoms with Crippen molar-refractivity contribution in [3.05, 3.63) is 29.0 Å². The van der Waals surface area contributed by atoms with Crippen LogP contribution in [0.3, 0.4) is 0 Å². The number of halogens is 1. The fourth-order valence-electron chi connectivity index (χ4n) is 2.14. The minimum absolute atomic E-state index is 0.285. The van der Waals surface area contributed by atoms with Crippen LogP contribution in [0.2, 0.25) is 5.15 Å². The summed E-state index contributed by atoms with van der Waals surface area (Å²) in [5, 5.41) is 0.317. The average Bonchev–Trinajstić information content (AvgIpc) is 2.37. The van der Waals surface area contributed by atoms with Gasteiger partial charge in [0.15, 0.2) is 0 Å². The Morgan fingerprint density at radius 1 is 1.35 bits per heavy atom. The third-order valence-electron chi connectivity index (χ3n) is 3.10. The lowest BCUT2D eigenvalue weighted by Crippen LogP contribution is -2.17. The number of hydrogen-bond acceptors (Lipinski definition) is 3. The standard InChI is InChI=1S/C13H16ClNO2/c14-12-8-4-7-11(15-12)13(16)17-9-10-5-2-1-3-6-10/h4,7-8,10H,1-3,5-6,9H2. The van der Waals surface area contributed by atoms with Crippen molar-refractivity contribution in [1.29, 1.82) is 0 Å². The number of pyridine rings is 1. The molecule has 0 aliphatic heterocycles. The van der Waals surface area contributed by atoms with E-state index in [0.29, 0.717) is 17.7 Å². The van der Waals surface area contributed by atoms with Gasteiger partial charge < -0.3 is 4.74 Å². The highest BCUT2D eigenvalue weighted by atomic mass is 35.5. The molecule has 1 fully saturated rings. The first-order valence-electron chi connectivity index (χ1n) is 6.05. The zero-order valence-electron chi connectivity index (χ0n) is 9.69. The molecule has 17 heavy (non-hydrogen) atoms. The molecule has 3 nitrogen and oxygen atoms in total. The Hall–Kier alpha value is -1.09. The number of hydrogen-bond donors (Lipinski definition) is 0. The molecule has 1 aliphatic carbocycles. The molecule has 1 aliphatic rings. The van der Waals surface area contributed by atoms with Crippen LogP contribution < -0.4 is 0 Å². The topological polar surface area (TPSA) is 39.2 Å². The van der Waals surface area contributed by atoms with Crippen molar-refractivity contribution < 1.29 is 9.53 Å². The third-order valence-corrected chi connectivity index (χ3v) is 3.31. The summed E-state index contributed by atoms with van der Waals surface area (Å²) in [6.07, 6.45) is 6.13. The zero-order valence-corrected chi connectivity index (χ0v) is 10.4. The molecule has 2 rings (SSSR count). The average molecular weight is 254 g/mol. The van der Waals surface area contributed by atoms with Gasteiger partial charge in [-0.25, -0.2) is 9.78 Å². The predicted molar refractivity (Wildman–Crippen MR) is 66.1 cm³/mol. The lowest BCUT2D eigenvalue weighted by atomic mass is 9.90. The second-order valence-corrected chi connectivity index (χ2v) is 4.84. The van der Waals surface area contributed by atoms with Gasteiger partial charge >= 0.3 is 5.97 Å². The molecule has 0 saturated heterocycles. The van der Waals surface area contributed by atoms with Crippen LogP contribution in [-0.2, 0) is 4.74 Å². The predicted octanol–water partition coefficient (Wildman–Crippen LogP) is 3.47. The summed E-state index contributed by atoms with van der Waals surface area (Å²) in [6.45, 7) is 0.507. The summed E-state index contributed by atoms with van der Waals surface area (Å²) in [5.41, 5.74) is 0.285. The maximum atomic E-state index is 11.7. The van der Waals surface area contributed by atoms with Gasteiger partial charge in [-0.1, -0.05) is 36.9 Å². The Morgan fingerprint density at radius 3 is 2.82 bits per heavy atom. The highest BCUT2D eigenvalue weighted by Gasteiger charge is 2.16. The number of rotatable bonds is 3. The van der Waals surface area contributed by atoms with Gasteiger partial charge in [0.1, 0.15) is 10.8 Å². The van der Waals surface area contributed by atoms with Gasteiger partial charge in [0.05, 0.1) is 6.61 Å². The molecule has 92 valence electrons. The van der Waals surface area contributed by atoms with Crippen LogP contribution in [0, 0.1) is 5.92 Å². The smallest absolute Gasteiger partial charge is 0.356 e. The molecule has 1 saturated carbocycles. The van der Waals surface area contributed by atoms with Gasteiger partial charge in [-0.15, -0.1) is 0 Å². The number of esters is 1. The SMILES string of the molecule is O=C(OCC1CCCCC1)c1cccc(Cl)n1. The number of carbonyl (C=O) groups is 1. The second-order valence-electron chi connectivity index (χ2n) is 4.45. The lowest BCUT2D eigenvalue weighted by Gasteiger charge is -2.20. The van der Waals surface area contributed by atoms with Crippen LogP contribution in [0.4, 0.5) is 0 Å². The summed E-state index contributed by atoms with van der Waals surface area (Å²) < 4.78 is 5.26. The molecular formula is C13H16ClNO2. The van der Waals surface area contributed by atoms with Crippen molar-refractivity contribution in [2.24, 2.45) is 5.92 Å². The Balaban J connectivity index is 1.84. The first kappa shape index (κ1) is 12.4. The number of nitrogens with zero attached hydrogens (tertiary/aromatic N) is 1. The van der Waals surface area contributed by atoms with E-state index in [2.05, 4.69) is 4.98 Å². The van der Waals surface area contributed by atoms with Gasteiger partial charge in [0.2, 0.25) is 0 Å². The van der Waals surface area contributed by atoms with Gasteiger partial charge in [-0.2, -0.15) is 0 Å². The summed E-state index contributed by atoms with van der Waals surface area (Å²) in [4.78, 5) is 15.6. The van der Waals surface area contributed by atoms with Crippen molar-refractivity contribution in [1.82, 2.24) is 4.98 Å². The minimum Gasteiger partial charge on any atom is -0.461 e. The van der Waals surface area contributed by atoms with E-state index < -0.39 is 0 Å². The monoisotopic (exact) mass is 253 g/mol. The summed E-state index contributed by atoms with van der Waals surface area (Å²) in [6, 6.07) is 4.96. The van der Waals surface area contributed by atoms with E-state index in [4.69, 9.17) is 16.3 Å². The Bertz CT molecular complexity index is 389. The molecule has 0 atom stereocenters. The maximum Gasteiger partial charge on any atom is 0.356 e.